The molecule has 0 spiro atoms. The largest absolute Gasteiger partial charge is 0.479 e. The topological polar surface area (TPSA) is 78.8 Å². The van der Waals surface area contributed by atoms with Crippen LogP contribution in [0.15, 0.2) is 0 Å². The van der Waals surface area contributed by atoms with Gasteiger partial charge in [0, 0.05) is 19.7 Å². The van der Waals surface area contributed by atoms with Crippen molar-refractivity contribution >= 4 is 5.97 Å². The summed E-state index contributed by atoms with van der Waals surface area (Å²) in [5.74, 6) is -1.22. The Balaban J connectivity index is 2.29. The van der Waals surface area contributed by atoms with Gasteiger partial charge in [-0.1, -0.05) is 0 Å². The van der Waals surface area contributed by atoms with Gasteiger partial charge in [-0.05, 0) is 26.7 Å². The van der Waals surface area contributed by atoms with Crippen LogP contribution >= 0.6 is 0 Å². The van der Waals surface area contributed by atoms with Crippen LogP contribution in [0.4, 0.5) is 0 Å². The van der Waals surface area contributed by atoms with Crippen LogP contribution in [0.5, 0.6) is 0 Å². The van der Waals surface area contributed by atoms with Crippen LogP contribution < -0.4 is 5.32 Å². The van der Waals surface area contributed by atoms with E-state index >= 15 is 0 Å². The number of hydrogen-bond acceptors (Lipinski definition) is 4. The van der Waals surface area contributed by atoms with Gasteiger partial charge in [0.05, 0.1) is 5.60 Å². The molecule has 5 nitrogen and oxygen atoms in total. The average Bonchev–Trinajstić information content (AvgIpc) is 2.51. The Kier molecular flexibility index (Phi) is 3.70. The van der Waals surface area contributed by atoms with Gasteiger partial charge in [-0.15, -0.1) is 0 Å². The zero-order chi connectivity index (χ0) is 11.5. The molecule has 3 N–H and O–H groups in total. The van der Waals surface area contributed by atoms with E-state index in [0.717, 1.165) is 19.4 Å². The maximum absolute atomic E-state index is 10.6. The summed E-state index contributed by atoms with van der Waals surface area (Å²) in [4.78, 5) is 10.6. The first-order chi connectivity index (χ1) is 6.86. The lowest BCUT2D eigenvalue weighted by Gasteiger charge is -2.26. The van der Waals surface area contributed by atoms with Gasteiger partial charge in [-0.3, -0.25) is 0 Å². The van der Waals surface area contributed by atoms with Crippen LogP contribution in [-0.2, 0) is 9.53 Å². The number of carboxylic acids is 1. The summed E-state index contributed by atoms with van der Waals surface area (Å²) in [5, 5.41) is 21.1. The van der Waals surface area contributed by atoms with Crippen molar-refractivity contribution in [2.75, 3.05) is 19.7 Å². The smallest absolute Gasteiger partial charge is 0.336 e. The molecule has 1 rings (SSSR count). The molecule has 2 unspecified atom stereocenters. The molecule has 0 aromatic heterocycles. The van der Waals surface area contributed by atoms with Crippen LogP contribution in [0.1, 0.15) is 26.7 Å². The van der Waals surface area contributed by atoms with Gasteiger partial charge < -0.3 is 20.3 Å². The quantitative estimate of drug-likeness (QED) is 0.603. The van der Waals surface area contributed by atoms with E-state index in [0.29, 0.717) is 6.54 Å². The normalized spacial score (nSPS) is 30.1. The highest BCUT2D eigenvalue weighted by Crippen LogP contribution is 2.23. The van der Waals surface area contributed by atoms with E-state index < -0.39 is 11.6 Å². The van der Waals surface area contributed by atoms with Crippen LogP contribution in [0, 0.1) is 0 Å². The summed E-state index contributed by atoms with van der Waals surface area (Å²) in [6, 6.07) is 0. The lowest BCUT2D eigenvalue weighted by molar-refractivity contribution is -0.156. The molecule has 15 heavy (non-hydrogen) atoms. The second kappa shape index (κ2) is 4.47. The predicted octanol–water partition coefficient (Wildman–Crippen LogP) is -0.0193. The SMILES string of the molecule is CC1(CNCC(C)(O)C(=O)O)CCCO1. The number of nitrogens with one attached hydrogen (secondary N) is 1. The van der Waals surface area contributed by atoms with Gasteiger partial charge in [-0.2, -0.15) is 0 Å². The third kappa shape index (κ3) is 3.44. The van der Waals surface area contributed by atoms with Crippen molar-refractivity contribution in [1.82, 2.24) is 5.32 Å². The molecule has 2 atom stereocenters. The van der Waals surface area contributed by atoms with Crippen LogP contribution in [0.3, 0.4) is 0 Å². The van der Waals surface area contributed by atoms with E-state index in [2.05, 4.69) is 5.32 Å². The van der Waals surface area contributed by atoms with Crippen molar-refractivity contribution < 1.29 is 19.7 Å². The van der Waals surface area contributed by atoms with Crippen molar-refractivity contribution in [2.45, 2.75) is 37.9 Å². The van der Waals surface area contributed by atoms with Gasteiger partial charge in [0.15, 0.2) is 5.60 Å². The third-order valence-electron chi connectivity index (χ3n) is 2.73. The summed E-state index contributed by atoms with van der Waals surface area (Å²) in [7, 11) is 0. The molecule has 0 radical (unpaired) electrons. The maximum atomic E-state index is 10.6. The molecule has 0 aromatic rings. The van der Waals surface area contributed by atoms with E-state index in [-0.39, 0.29) is 12.1 Å². The second-order valence-corrected chi connectivity index (χ2v) is 4.58. The van der Waals surface area contributed by atoms with Crippen LogP contribution in [0.25, 0.3) is 0 Å². The lowest BCUT2D eigenvalue weighted by atomic mass is 10.0. The van der Waals surface area contributed by atoms with Gasteiger partial charge in [0.1, 0.15) is 0 Å². The summed E-state index contributed by atoms with van der Waals surface area (Å²) in [6.45, 7) is 4.62. The van der Waals surface area contributed by atoms with Crippen molar-refractivity contribution in [3.8, 4) is 0 Å². The molecule has 1 heterocycles. The molecule has 0 bridgehead atoms. The van der Waals surface area contributed by atoms with Crippen LogP contribution in [-0.4, -0.2) is 47.1 Å². The first-order valence-corrected chi connectivity index (χ1v) is 5.16. The van der Waals surface area contributed by atoms with Crippen molar-refractivity contribution in [3.63, 3.8) is 0 Å². The zero-order valence-corrected chi connectivity index (χ0v) is 9.25. The minimum Gasteiger partial charge on any atom is -0.479 e. The number of carbonyl (C=O) groups is 1. The van der Waals surface area contributed by atoms with Gasteiger partial charge in [0.2, 0.25) is 0 Å². The highest BCUT2D eigenvalue weighted by molar-refractivity contribution is 5.76. The summed E-state index contributed by atoms with van der Waals surface area (Å²) >= 11 is 0. The molecule has 1 aliphatic rings. The number of aliphatic hydroxyl groups is 1. The number of hydrogen-bond donors (Lipinski definition) is 3. The summed E-state index contributed by atoms with van der Waals surface area (Å²) in [6.07, 6.45) is 2.00. The Labute approximate surface area is 89.4 Å². The van der Waals surface area contributed by atoms with Crippen molar-refractivity contribution in [3.05, 3.63) is 0 Å². The first kappa shape index (κ1) is 12.4. The lowest BCUT2D eigenvalue weighted by Crippen LogP contribution is -2.48. The molecule has 1 saturated heterocycles. The molecule has 1 aliphatic heterocycles. The molecular formula is C10H19NO4. The van der Waals surface area contributed by atoms with Gasteiger partial charge >= 0.3 is 5.97 Å². The second-order valence-electron chi connectivity index (χ2n) is 4.58. The van der Waals surface area contributed by atoms with E-state index in [1.807, 2.05) is 6.92 Å². The first-order valence-electron chi connectivity index (χ1n) is 5.16. The minimum absolute atomic E-state index is 0.0291. The average molecular weight is 217 g/mol. The van der Waals surface area contributed by atoms with E-state index in [1.165, 1.54) is 6.92 Å². The predicted molar refractivity (Wildman–Crippen MR) is 54.7 cm³/mol. The zero-order valence-electron chi connectivity index (χ0n) is 9.25. The maximum Gasteiger partial charge on any atom is 0.336 e. The number of carboxylic acid groups (broad SMARTS) is 1. The van der Waals surface area contributed by atoms with Gasteiger partial charge in [-0.25, -0.2) is 4.79 Å². The van der Waals surface area contributed by atoms with Crippen molar-refractivity contribution in [1.29, 1.82) is 0 Å². The monoisotopic (exact) mass is 217 g/mol. The molecule has 5 heteroatoms. The van der Waals surface area contributed by atoms with Crippen LogP contribution in [0.2, 0.25) is 0 Å². The number of ether oxygens (including phenoxy) is 1. The Hall–Kier alpha value is -0.650. The molecule has 0 aromatic carbocycles. The molecule has 0 amide bonds. The Morgan fingerprint density at radius 3 is 2.80 bits per heavy atom. The molecule has 1 fully saturated rings. The number of aliphatic carboxylic acids is 1. The molecule has 88 valence electrons. The fourth-order valence-electron chi connectivity index (χ4n) is 1.62. The van der Waals surface area contributed by atoms with E-state index in [4.69, 9.17) is 9.84 Å². The van der Waals surface area contributed by atoms with Crippen molar-refractivity contribution in [2.24, 2.45) is 0 Å². The number of rotatable bonds is 5. The molecule has 0 saturated carbocycles. The summed E-state index contributed by atoms with van der Waals surface area (Å²) in [5.41, 5.74) is -1.93. The molecule has 0 aliphatic carbocycles. The highest BCUT2D eigenvalue weighted by atomic mass is 16.5. The summed E-state index contributed by atoms with van der Waals surface area (Å²) < 4.78 is 5.52. The Morgan fingerprint density at radius 2 is 2.33 bits per heavy atom. The fourth-order valence-corrected chi connectivity index (χ4v) is 1.62. The minimum atomic E-state index is -1.71. The Morgan fingerprint density at radius 1 is 1.67 bits per heavy atom. The Bertz CT molecular complexity index is 234. The molecular weight excluding hydrogens is 198 g/mol. The fraction of sp³-hybridized carbons (Fsp3) is 0.900. The highest BCUT2D eigenvalue weighted by Gasteiger charge is 2.33. The van der Waals surface area contributed by atoms with E-state index in [1.54, 1.807) is 0 Å². The standard InChI is InChI=1S/C10H19NO4/c1-9(4-3-5-15-9)6-11-7-10(2,14)8(12)13/h11,14H,3-7H2,1-2H3,(H,12,13). The third-order valence-corrected chi connectivity index (χ3v) is 2.73. The van der Waals surface area contributed by atoms with Gasteiger partial charge in [0.25, 0.3) is 0 Å². The van der Waals surface area contributed by atoms with E-state index in [9.17, 15) is 9.90 Å².